The van der Waals surface area contributed by atoms with Crippen molar-refractivity contribution in [1.29, 1.82) is 0 Å². The summed E-state index contributed by atoms with van der Waals surface area (Å²) in [6, 6.07) is 8.98. The fourth-order valence-electron chi connectivity index (χ4n) is 3.14. The third-order valence-corrected chi connectivity index (χ3v) is 4.48. The highest BCUT2D eigenvalue weighted by Crippen LogP contribution is 2.22. The molecule has 0 radical (unpaired) electrons. The van der Waals surface area contributed by atoms with Crippen LogP contribution in [0.25, 0.3) is 0 Å². The maximum atomic E-state index is 12.5. The van der Waals surface area contributed by atoms with Crippen LogP contribution in [-0.2, 0) is 19.1 Å². The van der Waals surface area contributed by atoms with E-state index >= 15 is 0 Å². The Balaban J connectivity index is 1.49. The van der Waals surface area contributed by atoms with Crippen LogP contribution in [0.3, 0.4) is 0 Å². The number of morpholine rings is 2. The van der Waals surface area contributed by atoms with Gasteiger partial charge in [0.25, 0.3) is 5.91 Å². The zero-order valence-electron chi connectivity index (χ0n) is 14.3. The lowest BCUT2D eigenvalue weighted by atomic mass is 9.99. The lowest BCUT2D eigenvalue weighted by molar-refractivity contribution is -0.148. The second-order valence-electron chi connectivity index (χ2n) is 6.29. The largest absolute Gasteiger partial charge is 0.379 e. The van der Waals surface area contributed by atoms with Crippen molar-refractivity contribution in [3.8, 4) is 0 Å². The number of nitrogens with one attached hydrogen (secondary N) is 2. The van der Waals surface area contributed by atoms with Gasteiger partial charge in [0.15, 0.2) is 6.10 Å². The highest BCUT2D eigenvalue weighted by molar-refractivity contribution is 5.86. The van der Waals surface area contributed by atoms with Crippen molar-refractivity contribution in [3.63, 3.8) is 0 Å². The Hall–Kier alpha value is -1.96. The first kappa shape index (κ1) is 17.8. The lowest BCUT2D eigenvalue weighted by Crippen LogP contribution is -2.52. The Morgan fingerprint density at radius 3 is 2.76 bits per heavy atom. The number of hydrogen-bond donors (Lipinski definition) is 2. The van der Waals surface area contributed by atoms with Gasteiger partial charge in [-0.1, -0.05) is 30.3 Å². The number of carbonyl (C=O) groups excluding carboxylic acids is 2. The van der Waals surface area contributed by atoms with Crippen molar-refractivity contribution in [2.45, 2.75) is 18.6 Å². The van der Waals surface area contributed by atoms with Gasteiger partial charge in [-0.05, 0) is 18.5 Å². The molecule has 2 aliphatic rings. The molecule has 2 atom stereocenters. The summed E-state index contributed by atoms with van der Waals surface area (Å²) >= 11 is 0. The van der Waals surface area contributed by atoms with Crippen molar-refractivity contribution < 1.29 is 19.1 Å². The second kappa shape index (κ2) is 8.94. The van der Waals surface area contributed by atoms with Crippen LogP contribution in [0.5, 0.6) is 0 Å². The number of nitrogens with zero attached hydrogens (tertiary/aromatic N) is 1. The van der Waals surface area contributed by atoms with E-state index in [0.29, 0.717) is 6.54 Å². The molecule has 2 aliphatic heterocycles. The number of rotatable bonds is 6. The number of hydrogen-bond acceptors (Lipinski definition) is 5. The molecule has 2 heterocycles. The van der Waals surface area contributed by atoms with Crippen LogP contribution >= 0.6 is 0 Å². The molecule has 0 saturated carbocycles. The first-order valence-electron chi connectivity index (χ1n) is 8.78. The fourth-order valence-corrected chi connectivity index (χ4v) is 3.14. The molecular weight excluding hydrogens is 322 g/mol. The van der Waals surface area contributed by atoms with E-state index in [1.54, 1.807) is 0 Å². The molecule has 2 saturated heterocycles. The molecule has 25 heavy (non-hydrogen) atoms. The van der Waals surface area contributed by atoms with Crippen molar-refractivity contribution in [2.75, 3.05) is 46.0 Å². The van der Waals surface area contributed by atoms with Gasteiger partial charge in [0.05, 0.1) is 19.3 Å². The van der Waals surface area contributed by atoms with Gasteiger partial charge in [-0.2, -0.15) is 0 Å². The van der Waals surface area contributed by atoms with Crippen LogP contribution in [0.2, 0.25) is 0 Å². The summed E-state index contributed by atoms with van der Waals surface area (Å²) < 4.78 is 10.8. The fraction of sp³-hybridized carbons (Fsp3) is 0.556. The molecule has 1 aromatic rings. The summed E-state index contributed by atoms with van der Waals surface area (Å²) in [6.07, 6.45) is 0.171. The summed E-state index contributed by atoms with van der Waals surface area (Å²) in [5.41, 5.74) is 0.865. The molecule has 0 aromatic heterocycles. The molecule has 7 nitrogen and oxygen atoms in total. The molecular formula is C18H25N3O4. The molecule has 1 aromatic carbocycles. The van der Waals surface area contributed by atoms with Crippen LogP contribution in [0.1, 0.15) is 18.0 Å². The van der Waals surface area contributed by atoms with Gasteiger partial charge >= 0.3 is 0 Å². The minimum Gasteiger partial charge on any atom is -0.379 e. The zero-order chi connectivity index (χ0) is 17.5. The van der Waals surface area contributed by atoms with Gasteiger partial charge < -0.3 is 20.1 Å². The van der Waals surface area contributed by atoms with Gasteiger partial charge in [0.1, 0.15) is 6.61 Å². The zero-order valence-corrected chi connectivity index (χ0v) is 14.3. The SMILES string of the molecule is O=C1CO[C@H](C(=O)NCCCN2CCOCC2)[C@@H](c2ccccc2)N1. The van der Waals surface area contributed by atoms with E-state index in [1.807, 2.05) is 30.3 Å². The molecule has 3 rings (SSSR count). The summed E-state index contributed by atoms with van der Waals surface area (Å²) in [4.78, 5) is 26.5. The first-order chi connectivity index (χ1) is 12.2. The standard InChI is InChI=1S/C18H25N3O4/c22-15-13-25-17(16(20-15)14-5-2-1-3-6-14)18(23)19-7-4-8-21-9-11-24-12-10-21/h1-3,5-6,16-17H,4,7-13H2,(H,19,23)(H,20,22)/t16-,17+/m1/s1. The third kappa shape index (κ3) is 5.01. The molecule has 7 heteroatoms. The molecule has 0 aliphatic carbocycles. The van der Waals surface area contributed by atoms with Crippen molar-refractivity contribution >= 4 is 11.8 Å². The Labute approximate surface area is 147 Å². The predicted octanol–water partition coefficient (Wildman–Crippen LogP) is 0.0812. The Kier molecular flexibility index (Phi) is 6.38. The maximum absolute atomic E-state index is 12.5. The summed E-state index contributed by atoms with van der Waals surface area (Å²) in [5.74, 6) is -0.388. The minimum absolute atomic E-state index is 0.0881. The van der Waals surface area contributed by atoms with E-state index in [0.717, 1.165) is 44.8 Å². The molecule has 0 spiro atoms. The van der Waals surface area contributed by atoms with Crippen molar-refractivity contribution in [3.05, 3.63) is 35.9 Å². The highest BCUT2D eigenvalue weighted by Gasteiger charge is 2.35. The van der Waals surface area contributed by atoms with E-state index in [9.17, 15) is 9.59 Å². The number of benzene rings is 1. The van der Waals surface area contributed by atoms with Crippen LogP contribution in [0.4, 0.5) is 0 Å². The lowest BCUT2D eigenvalue weighted by Gasteiger charge is -2.32. The Morgan fingerprint density at radius 2 is 2.00 bits per heavy atom. The molecule has 2 amide bonds. The molecule has 2 N–H and O–H groups in total. The average Bonchev–Trinajstić information content (AvgIpc) is 2.66. The number of amides is 2. The van der Waals surface area contributed by atoms with E-state index in [-0.39, 0.29) is 18.4 Å². The normalized spacial score (nSPS) is 24.6. The minimum atomic E-state index is -0.705. The smallest absolute Gasteiger partial charge is 0.251 e. The summed E-state index contributed by atoms with van der Waals surface area (Å²) in [6.45, 7) is 4.89. The Bertz CT molecular complexity index is 575. The van der Waals surface area contributed by atoms with Crippen LogP contribution in [0.15, 0.2) is 30.3 Å². The van der Waals surface area contributed by atoms with E-state index < -0.39 is 12.1 Å². The van der Waals surface area contributed by atoms with Gasteiger partial charge in [0.2, 0.25) is 5.91 Å². The molecule has 136 valence electrons. The van der Waals surface area contributed by atoms with E-state index in [1.165, 1.54) is 0 Å². The maximum Gasteiger partial charge on any atom is 0.251 e. The third-order valence-electron chi connectivity index (χ3n) is 4.48. The molecule has 0 bridgehead atoms. The number of ether oxygens (including phenoxy) is 2. The number of carbonyl (C=O) groups is 2. The van der Waals surface area contributed by atoms with E-state index in [2.05, 4.69) is 15.5 Å². The van der Waals surface area contributed by atoms with Gasteiger partial charge in [0, 0.05) is 19.6 Å². The topological polar surface area (TPSA) is 79.9 Å². The van der Waals surface area contributed by atoms with Gasteiger partial charge in [-0.3, -0.25) is 14.5 Å². The molecule has 2 fully saturated rings. The van der Waals surface area contributed by atoms with Gasteiger partial charge in [-0.25, -0.2) is 0 Å². The summed E-state index contributed by atoms with van der Waals surface area (Å²) in [7, 11) is 0. The van der Waals surface area contributed by atoms with Crippen LogP contribution in [0, 0.1) is 0 Å². The first-order valence-corrected chi connectivity index (χ1v) is 8.78. The van der Waals surface area contributed by atoms with Crippen molar-refractivity contribution in [2.24, 2.45) is 0 Å². The predicted molar refractivity (Wildman–Crippen MR) is 92.0 cm³/mol. The van der Waals surface area contributed by atoms with Crippen LogP contribution < -0.4 is 10.6 Å². The highest BCUT2D eigenvalue weighted by atomic mass is 16.5. The van der Waals surface area contributed by atoms with E-state index in [4.69, 9.17) is 9.47 Å². The second-order valence-corrected chi connectivity index (χ2v) is 6.29. The molecule has 0 unspecified atom stereocenters. The van der Waals surface area contributed by atoms with Crippen molar-refractivity contribution in [1.82, 2.24) is 15.5 Å². The quantitative estimate of drug-likeness (QED) is 0.713. The van der Waals surface area contributed by atoms with Gasteiger partial charge in [-0.15, -0.1) is 0 Å². The average molecular weight is 347 g/mol. The monoisotopic (exact) mass is 347 g/mol. The summed E-state index contributed by atoms with van der Waals surface area (Å²) in [5, 5.41) is 5.79. The van der Waals surface area contributed by atoms with Crippen LogP contribution in [-0.4, -0.2) is 68.8 Å². The Morgan fingerprint density at radius 1 is 1.24 bits per heavy atom.